The van der Waals surface area contributed by atoms with Gasteiger partial charge in [-0.25, -0.2) is 13.4 Å². The molecular weight excluding hydrogens is 386 g/mol. The average molecular weight is 410 g/mol. The van der Waals surface area contributed by atoms with Crippen LogP contribution < -0.4 is 4.72 Å². The van der Waals surface area contributed by atoms with Gasteiger partial charge in [-0.15, -0.1) is 0 Å². The molecular formula is C22H23N3O3S. The van der Waals surface area contributed by atoms with Crippen LogP contribution in [0.5, 0.6) is 0 Å². The summed E-state index contributed by atoms with van der Waals surface area (Å²) in [5.41, 5.74) is 2.84. The maximum Gasteiger partial charge on any atom is 0.263 e. The first kappa shape index (κ1) is 19.6. The molecule has 1 saturated heterocycles. The second-order valence-corrected chi connectivity index (χ2v) is 8.58. The van der Waals surface area contributed by atoms with E-state index < -0.39 is 10.0 Å². The van der Waals surface area contributed by atoms with Crippen molar-refractivity contribution < 1.29 is 13.2 Å². The predicted molar refractivity (Wildman–Crippen MR) is 113 cm³/mol. The van der Waals surface area contributed by atoms with Gasteiger partial charge in [-0.3, -0.25) is 9.62 Å². The van der Waals surface area contributed by atoms with Crippen LogP contribution in [0.15, 0.2) is 77.7 Å². The van der Waals surface area contributed by atoms with Crippen molar-refractivity contribution in [3.63, 3.8) is 0 Å². The highest BCUT2D eigenvalue weighted by molar-refractivity contribution is 7.92. The molecule has 2 aromatic carbocycles. The molecule has 0 bridgehead atoms. The molecule has 1 aromatic heterocycles. The van der Waals surface area contributed by atoms with Crippen LogP contribution in [-0.4, -0.2) is 44.6 Å². The van der Waals surface area contributed by atoms with Crippen LogP contribution in [-0.2, 0) is 21.3 Å². The number of aromatic nitrogens is 1. The molecule has 6 nitrogen and oxygen atoms in total. The van der Waals surface area contributed by atoms with Gasteiger partial charge in [0, 0.05) is 19.6 Å². The van der Waals surface area contributed by atoms with Gasteiger partial charge in [0.1, 0.15) is 5.82 Å². The van der Waals surface area contributed by atoms with Crippen LogP contribution in [0.1, 0.15) is 5.69 Å². The van der Waals surface area contributed by atoms with E-state index in [2.05, 4.69) is 14.6 Å². The van der Waals surface area contributed by atoms with Gasteiger partial charge in [0.25, 0.3) is 10.0 Å². The molecule has 2 heterocycles. The smallest absolute Gasteiger partial charge is 0.263 e. The minimum Gasteiger partial charge on any atom is -0.379 e. The number of hydrogen-bond donors (Lipinski definition) is 1. The molecule has 0 saturated carbocycles. The standard InChI is InChI=1S/C22H23N3O3S/c26-29(27,21-11-9-19(10-12-21)18-5-2-1-3-6-18)24-22-8-4-7-20(23-22)17-25-13-15-28-16-14-25/h1-12H,13-17H2,(H,23,24). The number of pyridine rings is 1. The Morgan fingerprint density at radius 2 is 1.55 bits per heavy atom. The van der Waals surface area contributed by atoms with Crippen molar-refractivity contribution in [3.8, 4) is 11.1 Å². The largest absolute Gasteiger partial charge is 0.379 e. The Labute approximate surface area is 171 Å². The zero-order valence-corrected chi connectivity index (χ0v) is 16.8. The van der Waals surface area contributed by atoms with Gasteiger partial charge in [0.2, 0.25) is 0 Å². The van der Waals surface area contributed by atoms with E-state index in [4.69, 9.17) is 4.74 Å². The summed E-state index contributed by atoms with van der Waals surface area (Å²) < 4.78 is 33.5. The lowest BCUT2D eigenvalue weighted by molar-refractivity contribution is 0.0337. The summed E-state index contributed by atoms with van der Waals surface area (Å²) in [5, 5.41) is 0. The summed E-state index contributed by atoms with van der Waals surface area (Å²) in [6.07, 6.45) is 0. The topological polar surface area (TPSA) is 71.5 Å². The molecule has 0 atom stereocenters. The normalized spacial score (nSPS) is 15.2. The van der Waals surface area contributed by atoms with Crippen LogP contribution in [0.4, 0.5) is 5.82 Å². The molecule has 0 amide bonds. The van der Waals surface area contributed by atoms with Crippen LogP contribution in [0.2, 0.25) is 0 Å². The zero-order valence-electron chi connectivity index (χ0n) is 16.0. The molecule has 1 fully saturated rings. The van der Waals surface area contributed by atoms with E-state index in [9.17, 15) is 8.42 Å². The van der Waals surface area contributed by atoms with Gasteiger partial charge in [0.15, 0.2) is 0 Å². The van der Waals surface area contributed by atoms with E-state index in [1.165, 1.54) is 0 Å². The van der Waals surface area contributed by atoms with Crippen LogP contribution in [0, 0.1) is 0 Å². The summed E-state index contributed by atoms with van der Waals surface area (Å²) >= 11 is 0. The Balaban J connectivity index is 1.47. The van der Waals surface area contributed by atoms with E-state index in [1.807, 2.05) is 54.6 Å². The maximum atomic E-state index is 12.8. The van der Waals surface area contributed by atoms with Crippen molar-refractivity contribution in [1.29, 1.82) is 0 Å². The molecule has 150 valence electrons. The number of ether oxygens (including phenoxy) is 1. The van der Waals surface area contributed by atoms with Crippen molar-refractivity contribution in [2.24, 2.45) is 0 Å². The Bertz CT molecular complexity index is 1050. The minimum atomic E-state index is -3.71. The minimum absolute atomic E-state index is 0.206. The highest BCUT2D eigenvalue weighted by Crippen LogP contribution is 2.22. The number of anilines is 1. The molecule has 0 radical (unpaired) electrons. The fraction of sp³-hybridized carbons (Fsp3) is 0.227. The third-order valence-corrected chi connectivity index (χ3v) is 6.18. The third-order valence-electron chi connectivity index (χ3n) is 4.81. The Morgan fingerprint density at radius 1 is 0.862 bits per heavy atom. The summed E-state index contributed by atoms with van der Waals surface area (Å²) in [6.45, 7) is 3.80. The Kier molecular flexibility index (Phi) is 5.89. The van der Waals surface area contributed by atoms with Gasteiger partial charge in [-0.05, 0) is 35.4 Å². The van der Waals surface area contributed by atoms with Crippen molar-refractivity contribution >= 4 is 15.8 Å². The predicted octanol–water partition coefficient (Wildman–Crippen LogP) is 3.38. The van der Waals surface area contributed by atoms with Gasteiger partial charge in [-0.1, -0.05) is 48.5 Å². The summed E-state index contributed by atoms with van der Waals surface area (Å²) in [4.78, 5) is 6.92. The molecule has 1 aliphatic rings. The Morgan fingerprint density at radius 3 is 2.28 bits per heavy atom. The van der Waals surface area contributed by atoms with Gasteiger partial charge < -0.3 is 4.74 Å². The molecule has 0 spiro atoms. The summed E-state index contributed by atoms with van der Waals surface area (Å²) in [7, 11) is -3.71. The number of nitrogens with zero attached hydrogens (tertiary/aromatic N) is 2. The molecule has 1 aliphatic heterocycles. The van der Waals surface area contributed by atoms with E-state index >= 15 is 0 Å². The maximum absolute atomic E-state index is 12.8. The lowest BCUT2D eigenvalue weighted by Crippen LogP contribution is -2.35. The van der Waals surface area contributed by atoms with Crippen molar-refractivity contribution in [2.75, 3.05) is 31.0 Å². The molecule has 7 heteroatoms. The fourth-order valence-electron chi connectivity index (χ4n) is 3.27. The first-order valence-electron chi connectivity index (χ1n) is 9.54. The number of sulfonamides is 1. The first-order valence-corrected chi connectivity index (χ1v) is 11.0. The molecule has 0 unspecified atom stereocenters. The number of nitrogens with one attached hydrogen (secondary N) is 1. The van der Waals surface area contributed by atoms with E-state index in [1.54, 1.807) is 18.2 Å². The lowest BCUT2D eigenvalue weighted by atomic mass is 10.1. The second kappa shape index (κ2) is 8.73. The van der Waals surface area contributed by atoms with Crippen LogP contribution in [0.3, 0.4) is 0 Å². The van der Waals surface area contributed by atoms with Crippen molar-refractivity contribution in [2.45, 2.75) is 11.4 Å². The molecule has 29 heavy (non-hydrogen) atoms. The third kappa shape index (κ3) is 5.00. The molecule has 4 rings (SSSR count). The van der Waals surface area contributed by atoms with Gasteiger partial charge in [-0.2, -0.15) is 0 Å². The second-order valence-electron chi connectivity index (χ2n) is 6.90. The molecule has 3 aromatic rings. The summed E-state index contributed by atoms with van der Waals surface area (Å²) in [6, 6.07) is 22.1. The van der Waals surface area contributed by atoms with Crippen LogP contribution >= 0.6 is 0 Å². The molecule has 0 aliphatic carbocycles. The first-order chi connectivity index (χ1) is 14.1. The lowest BCUT2D eigenvalue weighted by Gasteiger charge is -2.26. The zero-order chi connectivity index (χ0) is 20.1. The van der Waals surface area contributed by atoms with Crippen molar-refractivity contribution in [1.82, 2.24) is 9.88 Å². The van der Waals surface area contributed by atoms with Gasteiger partial charge >= 0.3 is 0 Å². The van der Waals surface area contributed by atoms with E-state index in [0.717, 1.165) is 29.9 Å². The number of hydrogen-bond acceptors (Lipinski definition) is 5. The highest BCUT2D eigenvalue weighted by atomic mass is 32.2. The number of rotatable bonds is 6. The highest BCUT2D eigenvalue weighted by Gasteiger charge is 2.16. The SMILES string of the molecule is O=S(=O)(Nc1cccc(CN2CCOCC2)n1)c1ccc(-c2ccccc2)cc1. The average Bonchev–Trinajstić information content (AvgIpc) is 2.75. The van der Waals surface area contributed by atoms with E-state index in [-0.39, 0.29) is 4.90 Å². The fourth-order valence-corrected chi connectivity index (χ4v) is 4.27. The monoisotopic (exact) mass is 409 g/mol. The molecule has 1 N–H and O–H groups in total. The van der Waals surface area contributed by atoms with Crippen molar-refractivity contribution in [3.05, 3.63) is 78.5 Å². The number of benzene rings is 2. The summed E-state index contributed by atoms with van der Waals surface area (Å²) in [5.74, 6) is 0.322. The van der Waals surface area contributed by atoms with E-state index in [0.29, 0.717) is 25.6 Å². The Hall–Kier alpha value is -2.74. The van der Waals surface area contributed by atoms with Gasteiger partial charge in [0.05, 0.1) is 23.8 Å². The quantitative estimate of drug-likeness (QED) is 0.676. The van der Waals surface area contributed by atoms with Crippen LogP contribution in [0.25, 0.3) is 11.1 Å². The number of morpholine rings is 1.